The van der Waals surface area contributed by atoms with Crippen molar-refractivity contribution in [3.05, 3.63) is 29.3 Å². The fourth-order valence-electron chi connectivity index (χ4n) is 1.42. The molecule has 0 amide bonds. The minimum Gasteiger partial charge on any atom is -0.492 e. The molecule has 0 unspecified atom stereocenters. The number of hydrogen-bond donors (Lipinski definition) is 2. The summed E-state index contributed by atoms with van der Waals surface area (Å²) in [7, 11) is 0. The maximum absolute atomic E-state index is 10.3. The van der Waals surface area contributed by atoms with Crippen LogP contribution < -0.4 is 10.1 Å². The van der Waals surface area contributed by atoms with Gasteiger partial charge < -0.3 is 15.2 Å². The first kappa shape index (κ1) is 13.5. The first-order valence-electron chi connectivity index (χ1n) is 5.72. The molecule has 0 aliphatic heterocycles. The van der Waals surface area contributed by atoms with Gasteiger partial charge in [-0.1, -0.05) is 12.1 Å². The van der Waals surface area contributed by atoms with E-state index < -0.39 is 5.97 Å². The smallest absolute Gasteiger partial charge is 0.304 e. The van der Waals surface area contributed by atoms with Crippen LogP contribution in [-0.2, 0) is 4.79 Å². The van der Waals surface area contributed by atoms with Crippen molar-refractivity contribution in [3.63, 3.8) is 0 Å². The topological polar surface area (TPSA) is 58.6 Å². The SMILES string of the molecule is Cc1ccc(C)c(OCCNCCC(=O)O)c1. The number of rotatable bonds is 7. The Morgan fingerprint density at radius 3 is 2.82 bits per heavy atom. The number of carboxylic acids is 1. The number of nitrogens with one attached hydrogen (secondary N) is 1. The minimum atomic E-state index is -0.784. The molecule has 17 heavy (non-hydrogen) atoms. The molecule has 0 fully saturated rings. The maximum atomic E-state index is 10.3. The molecule has 0 aliphatic carbocycles. The summed E-state index contributed by atoms with van der Waals surface area (Å²) in [5.74, 6) is 0.109. The highest BCUT2D eigenvalue weighted by molar-refractivity contribution is 5.66. The first-order chi connectivity index (χ1) is 8.09. The number of hydrogen-bond acceptors (Lipinski definition) is 3. The summed E-state index contributed by atoms with van der Waals surface area (Å²) in [6, 6.07) is 6.09. The van der Waals surface area contributed by atoms with Gasteiger partial charge >= 0.3 is 5.97 Å². The van der Waals surface area contributed by atoms with Crippen molar-refractivity contribution in [1.82, 2.24) is 5.32 Å². The molecule has 0 aliphatic rings. The van der Waals surface area contributed by atoms with E-state index in [-0.39, 0.29) is 6.42 Å². The lowest BCUT2D eigenvalue weighted by Crippen LogP contribution is -2.23. The van der Waals surface area contributed by atoms with E-state index in [1.165, 1.54) is 5.56 Å². The van der Waals surface area contributed by atoms with Crippen LogP contribution in [0.1, 0.15) is 17.5 Å². The van der Waals surface area contributed by atoms with Crippen molar-refractivity contribution in [1.29, 1.82) is 0 Å². The van der Waals surface area contributed by atoms with E-state index in [2.05, 4.69) is 5.32 Å². The summed E-state index contributed by atoms with van der Waals surface area (Å²) in [5.41, 5.74) is 2.28. The first-order valence-corrected chi connectivity index (χ1v) is 5.72. The van der Waals surface area contributed by atoms with Gasteiger partial charge in [-0.05, 0) is 31.0 Å². The van der Waals surface area contributed by atoms with E-state index in [1.54, 1.807) is 0 Å². The molecule has 2 N–H and O–H groups in total. The van der Waals surface area contributed by atoms with Crippen LogP contribution in [-0.4, -0.2) is 30.8 Å². The molecule has 0 radical (unpaired) electrons. The zero-order valence-electron chi connectivity index (χ0n) is 10.3. The van der Waals surface area contributed by atoms with Crippen LogP contribution >= 0.6 is 0 Å². The molecule has 0 aromatic heterocycles. The minimum absolute atomic E-state index is 0.142. The fraction of sp³-hybridized carbons (Fsp3) is 0.462. The van der Waals surface area contributed by atoms with Crippen LogP contribution in [0.4, 0.5) is 0 Å². The molecule has 94 valence electrons. The molecule has 4 nitrogen and oxygen atoms in total. The Morgan fingerprint density at radius 2 is 2.12 bits per heavy atom. The van der Waals surface area contributed by atoms with Crippen LogP contribution in [0.5, 0.6) is 5.75 Å². The average molecular weight is 237 g/mol. The predicted molar refractivity (Wildman–Crippen MR) is 66.5 cm³/mol. The van der Waals surface area contributed by atoms with Crippen molar-refractivity contribution >= 4 is 5.97 Å². The Bertz CT molecular complexity index is 377. The monoisotopic (exact) mass is 237 g/mol. The lowest BCUT2D eigenvalue weighted by Gasteiger charge is -2.10. The normalized spacial score (nSPS) is 10.2. The van der Waals surface area contributed by atoms with Gasteiger partial charge in [0.1, 0.15) is 12.4 Å². The summed E-state index contributed by atoms with van der Waals surface area (Å²) < 4.78 is 5.61. The summed E-state index contributed by atoms with van der Waals surface area (Å²) in [6.07, 6.45) is 0.142. The van der Waals surface area contributed by atoms with Crippen molar-refractivity contribution in [2.45, 2.75) is 20.3 Å². The van der Waals surface area contributed by atoms with Crippen LogP contribution in [0.15, 0.2) is 18.2 Å². The molecule has 4 heteroatoms. The number of aliphatic carboxylic acids is 1. The molecule has 0 bridgehead atoms. The second-order valence-electron chi connectivity index (χ2n) is 4.01. The van der Waals surface area contributed by atoms with Gasteiger partial charge in [-0.2, -0.15) is 0 Å². The van der Waals surface area contributed by atoms with E-state index in [1.807, 2.05) is 32.0 Å². The van der Waals surface area contributed by atoms with Crippen LogP contribution in [0, 0.1) is 13.8 Å². The Kier molecular flexibility index (Phi) is 5.49. The Labute approximate surface area is 102 Å². The van der Waals surface area contributed by atoms with E-state index in [4.69, 9.17) is 9.84 Å². The number of benzene rings is 1. The van der Waals surface area contributed by atoms with Crippen LogP contribution in [0.3, 0.4) is 0 Å². The highest BCUT2D eigenvalue weighted by Gasteiger charge is 1.99. The van der Waals surface area contributed by atoms with Crippen molar-refractivity contribution in [2.75, 3.05) is 19.7 Å². The molecule has 0 saturated heterocycles. The van der Waals surface area contributed by atoms with Gasteiger partial charge in [0.2, 0.25) is 0 Å². The Hall–Kier alpha value is -1.55. The third-order valence-electron chi connectivity index (χ3n) is 2.40. The number of aryl methyl sites for hydroxylation is 2. The zero-order valence-corrected chi connectivity index (χ0v) is 10.3. The molecule has 1 aromatic rings. The summed E-state index contributed by atoms with van der Waals surface area (Å²) in [6.45, 7) is 5.71. The zero-order chi connectivity index (χ0) is 12.7. The predicted octanol–water partition coefficient (Wildman–Crippen LogP) is 1.75. The average Bonchev–Trinajstić information content (AvgIpc) is 2.27. The third-order valence-corrected chi connectivity index (χ3v) is 2.40. The number of ether oxygens (including phenoxy) is 1. The van der Waals surface area contributed by atoms with Crippen molar-refractivity contribution in [3.8, 4) is 5.75 Å². The Balaban J connectivity index is 2.22. The standard InChI is InChI=1S/C13H19NO3/c1-10-3-4-11(2)12(9-10)17-8-7-14-6-5-13(15)16/h3-4,9,14H,5-8H2,1-2H3,(H,15,16). The van der Waals surface area contributed by atoms with Crippen LogP contribution in [0.2, 0.25) is 0 Å². The van der Waals surface area contributed by atoms with Gasteiger partial charge in [-0.25, -0.2) is 0 Å². The van der Waals surface area contributed by atoms with E-state index in [0.29, 0.717) is 19.7 Å². The summed E-state index contributed by atoms with van der Waals surface area (Å²) in [4.78, 5) is 10.3. The number of carboxylic acid groups (broad SMARTS) is 1. The quantitative estimate of drug-likeness (QED) is 0.709. The molecule has 0 spiro atoms. The van der Waals surface area contributed by atoms with Gasteiger partial charge in [0, 0.05) is 13.1 Å². The van der Waals surface area contributed by atoms with Gasteiger partial charge in [0.05, 0.1) is 6.42 Å². The van der Waals surface area contributed by atoms with Crippen LogP contribution in [0.25, 0.3) is 0 Å². The van der Waals surface area contributed by atoms with Gasteiger partial charge in [0.25, 0.3) is 0 Å². The maximum Gasteiger partial charge on any atom is 0.304 e. The lowest BCUT2D eigenvalue weighted by molar-refractivity contribution is -0.136. The number of carbonyl (C=O) groups is 1. The molecular formula is C13H19NO3. The molecule has 0 heterocycles. The van der Waals surface area contributed by atoms with Gasteiger partial charge in [-0.15, -0.1) is 0 Å². The van der Waals surface area contributed by atoms with Crippen molar-refractivity contribution < 1.29 is 14.6 Å². The Morgan fingerprint density at radius 1 is 1.35 bits per heavy atom. The van der Waals surface area contributed by atoms with E-state index >= 15 is 0 Å². The molecule has 0 atom stereocenters. The largest absolute Gasteiger partial charge is 0.492 e. The van der Waals surface area contributed by atoms with E-state index in [0.717, 1.165) is 11.3 Å². The molecule has 1 aromatic carbocycles. The van der Waals surface area contributed by atoms with Gasteiger partial charge in [-0.3, -0.25) is 4.79 Å². The second-order valence-corrected chi connectivity index (χ2v) is 4.01. The van der Waals surface area contributed by atoms with E-state index in [9.17, 15) is 4.79 Å². The highest BCUT2D eigenvalue weighted by atomic mass is 16.5. The van der Waals surface area contributed by atoms with Crippen molar-refractivity contribution in [2.24, 2.45) is 0 Å². The molecular weight excluding hydrogens is 218 g/mol. The molecule has 0 saturated carbocycles. The lowest BCUT2D eigenvalue weighted by atomic mass is 10.1. The summed E-state index contributed by atoms with van der Waals surface area (Å²) >= 11 is 0. The second kappa shape index (κ2) is 6.91. The summed E-state index contributed by atoms with van der Waals surface area (Å²) in [5, 5.41) is 11.5. The molecule has 1 rings (SSSR count). The fourth-order valence-corrected chi connectivity index (χ4v) is 1.42. The van der Waals surface area contributed by atoms with Gasteiger partial charge in [0.15, 0.2) is 0 Å². The third kappa shape index (κ3) is 5.36. The highest BCUT2D eigenvalue weighted by Crippen LogP contribution is 2.18.